The molecular formula is C27H28F6N8O2. The van der Waals surface area contributed by atoms with Gasteiger partial charge in [-0.15, -0.1) is 0 Å². The number of carbonyl (C=O) groups excluding carboxylic acids is 1. The lowest BCUT2D eigenvalue weighted by molar-refractivity contribution is -0.141. The second-order valence-electron chi connectivity index (χ2n) is 10.6. The smallest absolute Gasteiger partial charge is 0.379 e. The summed E-state index contributed by atoms with van der Waals surface area (Å²) in [5, 5.41) is 7.96. The van der Waals surface area contributed by atoms with Gasteiger partial charge in [0.1, 0.15) is 5.56 Å². The number of aromatic amines is 1. The van der Waals surface area contributed by atoms with E-state index in [0.29, 0.717) is 62.9 Å². The van der Waals surface area contributed by atoms with Gasteiger partial charge in [-0.25, -0.2) is 15.1 Å². The fourth-order valence-electron chi connectivity index (χ4n) is 5.23. The Balaban J connectivity index is 1.07. The Morgan fingerprint density at radius 3 is 2.16 bits per heavy atom. The summed E-state index contributed by atoms with van der Waals surface area (Å²) in [6.45, 7) is 4.96. The number of anilines is 2. The molecule has 5 rings (SSSR count). The number of carbonyl (C=O) groups is 1. The van der Waals surface area contributed by atoms with E-state index in [1.807, 2.05) is 9.80 Å². The largest absolute Gasteiger partial charge is 0.423 e. The molecule has 0 spiro atoms. The van der Waals surface area contributed by atoms with Crippen molar-refractivity contribution < 1.29 is 31.1 Å². The molecule has 2 N–H and O–H groups in total. The number of halogens is 6. The Kier molecular flexibility index (Phi) is 8.31. The number of hydrogen-bond donors (Lipinski definition) is 2. The fourth-order valence-corrected chi connectivity index (χ4v) is 5.23. The number of nitrogens with zero attached hydrogens (tertiary/aromatic N) is 6. The van der Waals surface area contributed by atoms with E-state index >= 15 is 0 Å². The molecule has 3 aromatic rings. The molecule has 2 aliphatic rings. The van der Waals surface area contributed by atoms with Crippen LogP contribution in [0.1, 0.15) is 18.1 Å². The number of aromatic nitrogens is 4. The Labute approximate surface area is 241 Å². The average Bonchev–Trinajstić information content (AvgIpc) is 2.93. The van der Waals surface area contributed by atoms with Crippen LogP contribution in [-0.4, -0.2) is 87.7 Å². The average molecular weight is 611 g/mol. The molecule has 2 aliphatic heterocycles. The van der Waals surface area contributed by atoms with E-state index in [-0.39, 0.29) is 11.8 Å². The minimum absolute atomic E-state index is 0.00762. The number of rotatable bonds is 7. The van der Waals surface area contributed by atoms with Crippen LogP contribution in [-0.2, 0) is 17.1 Å². The predicted molar refractivity (Wildman–Crippen MR) is 144 cm³/mol. The zero-order valence-corrected chi connectivity index (χ0v) is 22.9. The third-order valence-corrected chi connectivity index (χ3v) is 7.44. The van der Waals surface area contributed by atoms with Crippen LogP contribution in [0.3, 0.4) is 0 Å². The Hall–Kier alpha value is -4.21. The van der Waals surface area contributed by atoms with Gasteiger partial charge in [-0.3, -0.25) is 14.5 Å². The van der Waals surface area contributed by atoms with Crippen molar-refractivity contribution in [1.29, 1.82) is 0 Å². The zero-order chi connectivity index (χ0) is 30.9. The highest BCUT2D eigenvalue weighted by Crippen LogP contribution is 2.32. The van der Waals surface area contributed by atoms with Gasteiger partial charge in [0, 0.05) is 69.8 Å². The van der Waals surface area contributed by atoms with Gasteiger partial charge in [-0.2, -0.15) is 31.4 Å². The first-order valence-corrected chi connectivity index (χ1v) is 13.5. The van der Waals surface area contributed by atoms with E-state index in [1.54, 1.807) is 29.3 Å². The van der Waals surface area contributed by atoms with Crippen LogP contribution < -0.4 is 15.8 Å². The molecule has 10 nitrogen and oxygen atoms in total. The SMILES string of the molecule is C[C@@H](CN1CC(C(=O)N2CCN(c3ncc(-c4ccc(C(F)(F)F)cc4)cn3)CC2)C1)Nc1cn[nH]c(=O)c1C(F)(F)F. The number of amides is 1. The topological polar surface area (TPSA) is 110 Å². The summed E-state index contributed by atoms with van der Waals surface area (Å²) in [7, 11) is 0. The van der Waals surface area contributed by atoms with Crippen LogP contribution in [0, 0.1) is 5.92 Å². The van der Waals surface area contributed by atoms with Crippen molar-refractivity contribution in [3.63, 3.8) is 0 Å². The summed E-state index contributed by atoms with van der Waals surface area (Å²) in [5.41, 5.74) is -2.63. The van der Waals surface area contributed by atoms with E-state index in [1.165, 1.54) is 12.1 Å². The van der Waals surface area contributed by atoms with Crippen molar-refractivity contribution in [2.75, 3.05) is 56.0 Å². The Morgan fingerprint density at radius 1 is 0.953 bits per heavy atom. The van der Waals surface area contributed by atoms with Crippen LogP contribution in [0.4, 0.5) is 38.0 Å². The normalized spacial score (nSPS) is 17.5. The molecule has 4 heterocycles. The van der Waals surface area contributed by atoms with Gasteiger partial charge in [0.05, 0.1) is 23.4 Å². The van der Waals surface area contributed by atoms with Crippen molar-refractivity contribution in [2.24, 2.45) is 5.92 Å². The maximum absolute atomic E-state index is 13.3. The molecule has 230 valence electrons. The van der Waals surface area contributed by atoms with Gasteiger partial charge < -0.3 is 15.1 Å². The molecule has 2 aromatic heterocycles. The highest BCUT2D eigenvalue weighted by Gasteiger charge is 2.39. The molecule has 0 unspecified atom stereocenters. The van der Waals surface area contributed by atoms with Crippen LogP contribution in [0.15, 0.2) is 47.7 Å². The monoisotopic (exact) mass is 610 g/mol. The third-order valence-electron chi connectivity index (χ3n) is 7.44. The number of H-pyrrole nitrogens is 1. The van der Waals surface area contributed by atoms with Crippen LogP contribution in [0.25, 0.3) is 11.1 Å². The quantitative estimate of drug-likeness (QED) is 0.392. The first-order chi connectivity index (χ1) is 20.3. The maximum Gasteiger partial charge on any atom is 0.423 e. The molecular weight excluding hydrogens is 582 g/mol. The minimum atomic E-state index is -4.83. The Morgan fingerprint density at radius 2 is 1.58 bits per heavy atom. The van der Waals surface area contributed by atoms with Crippen molar-refractivity contribution in [3.8, 4) is 11.1 Å². The molecule has 1 atom stereocenters. The van der Waals surface area contributed by atoms with Gasteiger partial charge in [0.2, 0.25) is 11.9 Å². The van der Waals surface area contributed by atoms with Crippen LogP contribution in [0.2, 0.25) is 0 Å². The molecule has 43 heavy (non-hydrogen) atoms. The minimum Gasteiger partial charge on any atom is -0.379 e. The number of hydrogen-bond acceptors (Lipinski definition) is 8. The number of piperazine rings is 1. The van der Waals surface area contributed by atoms with Crippen molar-refractivity contribution in [3.05, 3.63) is 64.3 Å². The third kappa shape index (κ3) is 6.89. The molecule has 0 aliphatic carbocycles. The van der Waals surface area contributed by atoms with Crippen molar-refractivity contribution >= 4 is 17.5 Å². The predicted octanol–water partition coefficient (Wildman–Crippen LogP) is 3.35. The van der Waals surface area contributed by atoms with Gasteiger partial charge in [0.15, 0.2) is 0 Å². The van der Waals surface area contributed by atoms with Crippen molar-refractivity contribution in [2.45, 2.75) is 25.3 Å². The van der Waals surface area contributed by atoms with E-state index in [0.717, 1.165) is 18.3 Å². The van der Waals surface area contributed by atoms with Gasteiger partial charge in [-0.05, 0) is 24.6 Å². The standard InChI is InChI=1S/C27H28F6N8O2/c1-16(37-21-12-36-38-23(42)22(21)27(31,32)33)13-39-14-19(15-39)24(43)40-6-8-41(9-7-40)25-34-10-18(11-35-25)17-2-4-20(5-3-17)26(28,29)30/h2-5,10-12,16,19H,6-9,13-15H2,1H3,(H2,37,38,42)/t16-/m0/s1. The number of likely N-dealkylation sites (tertiary alicyclic amines) is 1. The zero-order valence-electron chi connectivity index (χ0n) is 22.9. The molecule has 0 saturated carbocycles. The van der Waals surface area contributed by atoms with Gasteiger partial charge in [0.25, 0.3) is 5.56 Å². The van der Waals surface area contributed by atoms with Gasteiger partial charge >= 0.3 is 12.4 Å². The number of nitrogens with one attached hydrogen (secondary N) is 2. The van der Waals surface area contributed by atoms with Gasteiger partial charge in [-0.1, -0.05) is 12.1 Å². The first kappa shape index (κ1) is 30.3. The summed E-state index contributed by atoms with van der Waals surface area (Å²) >= 11 is 0. The molecule has 0 radical (unpaired) electrons. The lowest BCUT2D eigenvalue weighted by Crippen LogP contribution is -2.59. The maximum atomic E-state index is 13.3. The summed E-state index contributed by atoms with van der Waals surface area (Å²) in [4.78, 5) is 39.1. The lowest BCUT2D eigenvalue weighted by Gasteiger charge is -2.43. The van der Waals surface area contributed by atoms with Crippen LogP contribution in [0.5, 0.6) is 0 Å². The summed E-state index contributed by atoms with van der Waals surface area (Å²) in [5.74, 6) is 0.251. The summed E-state index contributed by atoms with van der Waals surface area (Å²) in [6.07, 6.45) is -5.20. The van der Waals surface area contributed by atoms with Crippen molar-refractivity contribution in [1.82, 2.24) is 30.0 Å². The molecule has 2 fully saturated rings. The fraction of sp³-hybridized carbons (Fsp3) is 0.444. The van der Waals surface area contributed by atoms with E-state index in [9.17, 15) is 35.9 Å². The summed E-state index contributed by atoms with van der Waals surface area (Å²) in [6, 6.07) is 4.33. The van der Waals surface area contributed by atoms with E-state index in [2.05, 4.69) is 20.4 Å². The number of alkyl halides is 6. The highest BCUT2D eigenvalue weighted by molar-refractivity contribution is 5.80. The number of benzene rings is 1. The molecule has 1 amide bonds. The van der Waals surface area contributed by atoms with Crippen LogP contribution >= 0.6 is 0 Å². The molecule has 1 aromatic carbocycles. The molecule has 0 bridgehead atoms. The second kappa shape index (κ2) is 11.8. The first-order valence-electron chi connectivity index (χ1n) is 13.5. The highest BCUT2D eigenvalue weighted by atomic mass is 19.4. The lowest BCUT2D eigenvalue weighted by atomic mass is 9.97. The molecule has 16 heteroatoms. The second-order valence-corrected chi connectivity index (χ2v) is 10.6. The molecule has 2 saturated heterocycles. The van der Waals surface area contributed by atoms with E-state index < -0.39 is 40.8 Å². The Bertz CT molecular complexity index is 1480. The summed E-state index contributed by atoms with van der Waals surface area (Å²) < 4.78 is 78.3. The van der Waals surface area contributed by atoms with E-state index in [4.69, 9.17) is 0 Å².